The number of methoxy groups -OCH3 is 1. The molecule has 1 amide bonds. The molecule has 0 spiro atoms. The molecule has 1 fully saturated rings. The molecule has 1 atom stereocenters. The number of carbonyl (C=O) groups is 1. The smallest absolute Gasteiger partial charge is 0.227 e. The van der Waals surface area contributed by atoms with E-state index in [-0.39, 0.29) is 24.4 Å². The zero-order chi connectivity index (χ0) is 17.9. The quantitative estimate of drug-likeness (QED) is 0.876. The molecule has 4 rings (SSSR count). The highest BCUT2D eigenvalue weighted by Gasteiger charge is 2.29. The van der Waals surface area contributed by atoms with Crippen molar-refractivity contribution < 1.29 is 9.53 Å². The van der Waals surface area contributed by atoms with Crippen LogP contribution < -0.4 is 10.1 Å². The Morgan fingerprint density at radius 2 is 2.00 bits per heavy atom. The van der Waals surface area contributed by atoms with Crippen molar-refractivity contribution in [2.45, 2.75) is 31.7 Å². The van der Waals surface area contributed by atoms with Crippen molar-refractivity contribution in [3.8, 4) is 5.75 Å². The van der Waals surface area contributed by atoms with Crippen LogP contribution in [0.15, 0.2) is 42.5 Å². The lowest BCUT2D eigenvalue weighted by molar-refractivity contribution is -0.133. The number of nitrogens with one attached hydrogen (secondary N) is 1. The van der Waals surface area contributed by atoms with E-state index in [0.717, 1.165) is 42.9 Å². The second kappa shape index (κ2) is 8.77. The van der Waals surface area contributed by atoms with Gasteiger partial charge in [-0.1, -0.05) is 36.4 Å². The summed E-state index contributed by atoms with van der Waals surface area (Å²) in [6.07, 6.45) is 4.03. The first-order valence-electron chi connectivity index (χ1n) is 9.50. The lowest BCUT2D eigenvalue weighted by Gasteiger charge is -2.37. The van der Waals surface area contributed by atoms with E-state index >= 15 is 0 Å². The SMILES string of the molecule is COc1ccccc1C1CNCCN1C(=O)Cc1ccc2c(c1)CCC2.Cl. The minimum absolute atomic E-state index is 0. The lowest BCUT2D eigenvalue weighted by Crippen LogP contribution is -2.49. The first-order valence-corrected chi connectivity index (χ1v) is 9.50. The lowest BCUT2D eigenvalue weighted by atomic mass is 10.00. The minimum atomic E-state index is 0. The first kappa shape index (κ1) is 19.7. The maximum absolute atomic E-state index is 13.1. The Balaban J connectivity index is 0.00000210. The Morgan fingerprint density at radius 3 is 2.85 bits per heavy atom. The molecule has 1 unspecified atom stereocenters. The number of piperazine rings is 1. The van der Waals surface area contributed by atoms with Gasteiger partial charge in [0.2, 0.25) is 5.91 Å². The monoisotopic (exact) mass is 386 g/mol. The van der Waals surface area contributed by atoms with Crippen LogP contribution in [0, 0.1) is 0 Å². The van der Waals surface area contributed by atoms with Crippen molar-refractivity contribution >= 4 is 18.3 Å². The first-order chi connectivity index (χ1) is 12.8. The molecule has 1 heterocycles. The highest BCUT2D eigenvalue weighted by molar-refractivity contribution is 5.85. The van der Waals surface area contributed by atoms with Crippen LogP contribution in [-0.4, -0.2) is 37.6 Å². The van der Waals surface area contributed by atoms with Gasteiger partial charge in [0.25, 0.3) is 0 Å². The van der Waals surface area contributed by atoms with Gasteiger partial charge in [-0.2, -0.15) is 0 Å². The largest absolute Gasteiger partial charge is 0.496 e. The average molecular weight is 387 g/mol. The number of hydrogen-bond acceptors (Lipinski definition) is 3. The number of amides is 1. The van der Waals surface area contributed by atoms with Crippen LogP contribution in [0.2, 0.25) is 0 Å². The molecule has 2 aromatic rings. The van der Waals surface area contributed by atoms with Gasteiger partial charge in [-0.05, 0) is 42.0 Å². The van der Waals surface area contributed by atoms with Crippen molar-refractivity contribution in [1.29, 1.82) is 0 Å². The molecule has 0 aromatic heterocycles. The van der Waals surface area contributed by atoms with E-state index in [1.54, 1.807) is 7.11 Å². The number of benzene rings is 2. The summed E-state index contributed by atoms with van der Waals surface area (Å²) >= 11 is 0. The maximum atomic E-state index is 13.1. The van der Waals surface area contributed by atoms with Crippen molar-refractivity contribution in [2.75, 3.05) is 26.7 Å². The molecule has 0 bridgehead atoms. The molecular weight excluding hydrogens is 360 g/mol. The van der Waals surface area contributed by atoms with Crippen LogP contribution in [-0.2, 0) is 24.1 Å². The highest BCUT2D eigenvalue weighted by atomic mass is 35.5. The summed E-state index contributed by atoms with van der Waals surface area (Å²) < 4.78 is 5.53. The summed E-state index contributed by atoms with van der Waals surface area (Å²) in [5, 5.41) is 3.42. The standard InChI is InChI=1S/C22H26N2O2.ClH/c1-26-21-8-3-2-7-19(21)20-15-23-11-12-24(20)22(25)14-16-9-10-17-5-4-6-18(17)13-16;/h2-3,7-10,13,20,23H,4-6,11-12,14-15H2,1H3;1H. The zero-order valence-corrected chi connectivity index (χ0v) is 16.6. The third kappa shape index (κ3) is 4.12. The fraction of sp³-hybridized carbons (Fsp3) is 0.409. The van der Waals surface area contributed by atoms with E-state index in [9.17, 15) is 4.79 Å². The van der Waals surface area contributed by atoms with Gasteiger partial charge >= 0.3 is 0 Å². The predicted octanol–water partition coefficient (Wildman–Crippen LogP) is 3.32. The molecule has 144 valence electrons. The molecule has 1 aliphatic heterocycles. The van der Waals surface area contributed by atoms with Crippen LogP contribution in [0.1, 0.15) is 34.7 Å². The summed E-state index contributed by atoms with van der Waals surface area (Å²) in [7, 11) is 1.69. The molecule has 5 heteroatoms. The topological polar surface area (TPSA) is 41.6 Å². The van der Waals surface area contributed by atoms with Crippen LogP contribution in [0.25, 0.3) is 0 Å². The van der Waals surface area contributed by atoms with Crippen molar-refractivity contribution in [3.05, 3.63) is 64.7 Å². The normalized spacial score (nSPS) is 18.6. The fourth-order valence-corrected chi connectivity index (χ4v) is 4.23. The summed E-state index contributed by atoms with van der Waals surface area (Å²) in [6.45, 7) is 2.32. The van der Waals surface area contributed by atoms with E-state index in [1.165, 1.54) is 24.0 Å². The summed E-state index contributed by atoms with van der Waals surface area (Å²) in [5.74, 6) is 1.04. The van der Waals surface area contributed by atoms with Gasteiger partial charge < -0.3 is 15.0 Å². The van der Waals surface area contributed by atoms with E-state index in [4.69, 9.17) is 4.74 Å². The average Bonchev–Trinajstić information content (AvgIpc) is 3.15. The van der Waals surface area contributed by atoms with Gasteiger partial charge in [0.15, 0.2) is 0 Å². The third-order valence-corrected chi connectivity index (χ3v) is 5.58. The Labute approximate surface area is 167 Å². The van der Waals surface area contributed by atoms with Crippen LogP contribution in [0.3, 0.4) is 0 Å². The second-order valence-electron chi connectivity index (χ2n) is 7.18. The van der Waals surface area contributed by atoms with Crippen LogP contribution in [0.5, 0.6) is 5.75 Å². The van der Waals surface area contributed by atoms with Gasteiger partial charge in [0, 0.05) is 25.2 Å². The van der Waals surface area contributed by atoms with E-state index in [0.29, 0.717) is 6.42 Å². The predicted molar refractivity (Wildman–Crippen MR) is 110 cm³/mol. The second-order valence-corrected chi connectivity index (χ2v) is 7.18. The van der Waals surface area contributed by atoms with Crippen molar-refractivity contribution in [3.63, 3.8) is 0 Å². The molecule has 1 saturated heterocycles. The Hall–Kier alpha value is -2.04. The number of fused-ring (bicyclic) bond motifs is 1. The number of para-hydroxylation sites is 1. The molecular formula is C22H27ClN2O2. The number of aryl methyl sites for hydroxylation is 2. The number of halogens is 1. The number of ether oxygens (including phenoxy) is 1. The van der Waals surface area contributed by atoms with Crippen LogP contribution in [0.4, 0.5) is 0 Å². The van der Waals surface area contributed by atoms with Gasteiger partial charge in [0.1, 0.15) is 5.75 Å². The van der Waals surface area contributed by atoms with Crippen molar-refractivity contribution in [1.82, 2.24) is 10.2 Å². The Morgan fingerprint density at radius 1 is 1.19 bits per heavy atom. The number of nitrogens with zero attached hydrogens (tertiary/aromatic N) is 1. The molecule has 4 nitrogen and oxygen atoms in total. The third-order valence-electron chi connectivity index (χ3n) is 5.58. The van der Waals surface area contributed by atoms with Gasteiger partial charge in [0.05, 0.1) is 19.6 Å². The Kier molecular flexibility index (Phi) is 6.40. The van der Waals surface area contributed by atoms with Gasteiger partial charge in [-0.15, -0.1) is 12.4 Å². The molecule has 2 aliphatic rings. The number of carbonyl (C=O) groups excluding carboxylic acids is 1. The number of rotatable bonds is 4. The van der Waals surface area contributed by atoms with Gasteiger partial charge in [-0.25, -0.2) is 0 Å². The van der Waals surface area contributed by atoms with E-state index < -0.39 is 0 Å². The zero-order valence-electron chi connectivity index (χ0n) is 15.7. The summed E-state index contributed by atoms with van der Waals surface area (Å²) in [5.41, 5.74) is 5.09. The van der Waals surface area contributed by atoms with Crippen molar-refractivity contribution in [2.24, 2.45) is 0 Å². The molecule has 1 aliphatic carbocycles. The molecule has 2 aromatic carbocycles. The maximum Gasteiger partial charge on any atom is 0.227 e. The molecule has 0 saturated carbocycles. The molecule has 0 radical (unpaired) electrons. The summed E-state index contributed by atoms with van der Waals surface area (Å²) in [6, 6.07) is 14.6. The molecule has 27 heavy (non-hydrogen) atoms. The van der Waals surface area contributed by atoms with E-state index in [2.05, 4.69) is 29.6 Å². The Bertz CT molecular complexity index is 809. The number of hydrogen-bond donors (Lipinski definition) is 1. The molecule has 1 N–H and O–H groups in total. The van der Waals surface area contributed by atoms with E-state index in [1.807, 2.05) is 23.1 Å². The van der Waals surface area contributed by atoms with Crippen LogP contribution >= 0.6 is 12.4 Å². The highest BCUT2D eigenvalue weighted by Crippen LogP contribution is 2.31. The fourth-order valence-electron chi connectivity index (χ4n) is 4.23. The minimum Gasteiger partial charge on any atom is -0.496 e. The van der Waals surface area contributed by atoms with Gasteiger partial charge in [-0.3, -0.25) is 4.79 Å². The summed E-state index contributed by atoms with van der Waals surface area (Å²) in [4.78, 5) is 15.1.